The number of aromatic nitrogens is 4. The quantitative estimate of drug-likeness (QED) is 0.449. The molecular weight excluding hydrogens is 483 g/mol. The number of aromatic amines is 1. The Morgan fingerprint density at radius 1 is 1.27 bits per heavy atom. The highest BCUT2D eigenvalue weighted by molar-refractivity contribution is 7.14. The maximum atomic E-state index is 13.1. The second-order valence-electron chi connectivity index (χ2n) is 6.93. The topological polar surface area (TPSA) is 110 Å². The van der Waals surface area contributed by atoms with Crippen LogP contribution >= 0.6 is 22.9 Å². The molecule has 4 rings (SSSR count). The van der Waals surface area contributed by atoms with E-state index in [1.54, 1.807) is 0 Å². The van der Waals surface area contributed by atoms with Crippen molar-refractivity contribution >= 4 is 44.9 Å². The van der Waals surface area contributed by atoms with Gasteiger partial charge < -0.3 is 10.3 Å². The second kappa shape index (κ2) is 8.45. The third-order valence-corrected chi connectivity index (χ3v) is 5.83. The first kappa shape index (κ1) is 22.7. The van der Waals surface area contributed by atoms with Crippen LogP contribution in [0.3, 0.4) is 0 Å². The summed E-state index contributed by atoms with van der Waals surface area (Å²) < 4.78 is 40.2. The van der Waals surface area contributed by atoms with Gasteiger partial charge in [-0.15, -0.1) is 11.3 Å². The van der Waals surface area contributed by atoms with Crippen molar-refractivity contribution in [3.63, 3.8) is 0 Å². The van der Waals surface area contributed by atoms with Crippen LogP contribution in [-0.2, 0) is 24.4 Å². The van der Waals surface area contributed by atoms with E-state index in [1.807, 2.05) is 0 Å². The van der Waals surface area contributed by atoms with Gasteiger partial charge in [-0.3, -0.25) is 19.1 Å². The number of amides is 1. The van der Waals surface area contributed by atoms with E-state index in [9.17, 15) is 27.6 Å². The summed E-state index contributed by atoms with van der Waals surface area (Å²) in [5.74, 6) is -0.545. The molecule has 0 radical (unpaired) electrons. The second-order valence-corrected chi connectivity index (χ2v) is 8.20. The third kappa shape index (κ3) is 4.52. The summed E-state index contributed by atoms with van der Waals surface area (Å²) in [6, 6.07) is 4.87. The molecule has 8 nitrogen and oxygen atoms in total. The maximum absolute atomic E-state index is 13.1. The highest BCUT2D eigenvalue weighted by atomic mass is 35.5. The minimum absolute atomic E-state index is 0.107. The van der Waals surface area contributed by atoms with Gasteiger partial charge in [0.15, 0.2) is 5.13 Å². The lowest BCUT2D eigenvalue weighted by molar-refractivity contribution is -0.137. The molecule has 170 valence electrons. The van der Waals surface area contributed by atoms with Gasteiger partial charge in [-0.05, 0) is 18.2 Å². The number of fused-ring (bicyclic) bond motifs is 1. The number of pyridine rings is 1. The van der Waals surface area contributed by atoms with Crippen molar-refractivity contribution in [2.45, 2.75) is 12.6 Å². The molecule has 0 fully saturated rings. The number of halogens is 4. The summed E-state index contributed by atoms with van der Waals surface area (Å²) in [6.07, 6.45) is -3.54. The lowest BCUT2D eigenvalue weighted by atomic mass is 10.1. The van der Waals surface area contributed by atoms with Gasteiger partial charge >= 0.3 is 11.9 Å². The molecule has 0 atom stereocenters. The van der Waals surface area contributed by atoms with Crippen molar-refractivity contribution < 1.29 is 18.0 Å². The SMILES string of the molecule is Cn1c(=O)[nH]c2ccnc(CC(=O)Nc3nc(-c4ccc(Cl)c(C(F)(F)F)c4)cs3)c2c1=O. The van der Waals surface area contributed by atoms with Crippen LogP contribution in [0.1, 0.15) is 11.3 Å². The summed E-state index contributed by atoms with van der Waals surface area (Å²) >= 11 is 6.67. The van der Waals surface area contributed by atoms with Crippen LogP contribution in [0.4, 0.5) is 18.3 Å². The molecule has 1 aromatic carbocycles. The van der Waals surface area contributed by atoms with Crippen LogP contribution in [0, 0.1) is 0 Å². The monoisotopic (exact) mass is 495 g/mol. The number of benzene rings is 1. The molecular formula is C20H13ClF3N5O3S. The fraction of sp³-hybridized carbons (Fsp3) is 0.150. The molecule has 2 N–H and O–H groups in total. The zero-order valence-electron chi connectivity index (χ0n) is 16.7. The number of H-pyrrole nitrogens is 1. The Morgan fingerprint density at radius 3 is 2.76 bits per heavy atom. The van der Waals surface area contributed by atoms with Crippen LogP contribution in [-0.4, -0.2) is 25.4 Å². The normalized spacial score (nSPS) is 11.7. The average molecular weight is 496 g/mol. The van der Waals surface area contributed by atoms with Gasteiger partial charge in [0.25, 0.3) is 5.56 Å². The fourth-order valence-corrected chi connectivity index (χ4v) is 4.08. The molecule has 0 unspecified atom stereocenters. The number of carbonyl (C=O) groups is 1. The minimum atomic E-state index is -4.62. The van der Waals surface area contributed by atoms with E-state index in [-0.39, 0.29) is 39.4 Å². The van der Waals surface area contributed by atoms with E-state index in [4.69, 9.17) is 11.6 Å². The predicted octanol–water partition coefficient (Wildman–Crippen LogP) is 3.60. The van der Waals surface area contributed by atoms with Crippen LogP contribution in [0.2, 0.25) is 5.02 Å². The molecule has 3 heterocycles. The van der Waals surface area contributed by atoms with Crippen molar-refractivity contribution in [3.05, 3.63) is 73.0 Å². The Morgan fingerprint density at radius 2 is 2.03 bits per heavy atom. The molecule has 1 amide bonds. The van der Waals surface area contributed by atoms with E-state index in [2.05, 4.69) is 20.3 Å². The first-order chi connectivity index (χ1) is 15.5. The molecule has 13 heteroatoms. The van der Waals surface area contributed by atoms with Crippen molar-refractivity contribution in [1.29, 1.82) is 0 Å². The molecule has 0 bridgehead atoms. The van der Waals surface area contributed by atoms with Crippen LogP contribution in [0.15, 0.2) is 45.4 Å². The molecule has 0 aliphatic heterocycles. The number of nitrogens with zero attached hydrogens (tertiary/aromatic N) is 3. The first-order valence-corrected chi connectivity index (χ1v) is 10.5. The van der Waals surface area contributed by atoms with Crippen LogP contribution in [0.25, 0.3) is 22.2 Å². The molecule has 0 aliphatic rings. The molecule has 0 saturated heterocycles. The Labute approximate surface area is 191 Å². The number of rotatable bonds is 4. The Kier molecular flexibility index (Phi) is 5.80. The summed E-state index contributed by atoms with van der Waals surface area (Å²) in [7, 11) is 1.30. The lowest BCUT2D eigenvalue weighted by Crippen LogP contribution is -2.33. The largest absolute Gasteiger partial charge is 0.417 e. The standard InChI is InChI=1S/C20H13ClF3N5O3S/c1-29-17(31)16-12(27-19(29)32)4-5-25-13(16)7-15(30)28-18-26-14(8-33-18)9-2-3-11(21)10(6-9)20(22,23)24/h2-6,8H,7H2,1H3,(H,27,32)(H,26,28,30). The van der Waals surface area contributed by atoms with Crippen molar-refractivity contribution in [3.8, 4) is 11.3 Å². The van der Waals surface area contributed by atoms with Gasteiger partial charge in [0.1, 0.15) is 0 Å². The van der Waals surface area contributed by atoms with Crippen LogP contribution < -0.4 is 16.6 Å². The number of thiazole rings is 1. The molecule has 0 saturated carbocycles. The fourth-order valence-electron chi connectivity index (χ4n) is 3.12. The molecule has 0 spiro atoms. The van der Waals surface area contributed by atoms with E-state index in [1.165, 1.54) is 30.8 Å². The van der Waals surface area contributed by atoms with Gasteiger partial charge in [-0.1, -0.05) is 17.7 Å². The number of carbonyl (C=O) groups excluding carboxylic acids is 1. The van der Waals surface area contributed by atoms with Crippen molar-refractivity contribution in [2.24, 2.45) is 7.05 Å². The smallest absolute Gasteiger partial charge is 0.307 e. The summed E-state index contributed by atoms with van der Waals surface area (Å²) in [6.45, 7) is 0. The number of nitrogens with one attached hydrogen (secondary N) is 2. The molecule has 3 aromatic heterocycles. The van der Waals surface area contributed by atoms with Gasteiger partial charge in [-0.2, -0.15) is 13.2 Å². The first-order valence-electron chi connectivity index (χ1n) is 9.24. The highest BCUT2D eigenvalue weighted by Crippen LogP contribution is 2.37. The Hall–Kier alpha value is -3.51. The lowest BCUT2D eigenvalue weighted by Gasteiger charge is -2.10. The number of hydrogen-bond donors (Lipinski definition) is 2. The summed E-state index contributed by atoms with van der Waals surface area (Å²) in [5, 5.41) is 3.88. The Bertz CT molecular complexity index is 1510. The zero-order valence-corrected chi connectivity index (χ0v) is 18.2. The third-order valence-electron chi connectivity index (χ3n) is 4.74. The number of hydrogen-bond acceptors (Lipinski definition) is 6. The Balaban J connectivity index is 1.57. The zero-order chi connectivity index (χ0) is 23.9. The molecule has 4 aromatic rings. The van der Waals surface area contributed by atoms with Gasteiger partial charge in [-0.25, -0.2) is 9.78 Å². The highest BCUT2D eigenvalue weighted by Gasteiger charge is 2.33. The minimum Gasteiger partial charge on any atom is -0.307 e. The van der Waals surface area contributed by atoms with Gasteiger partial charge in [0.05, 0.1) is 39.3 Å². The molecule has 33 heavy (non-hydrogen) atoms. The maximum Gasteiger partial charge on any atom is 0.417 e. The molecule has 0 aliphatic carbocycles. The van der Waals surface area contributed by atoms with E-state index in [0.29, 0.717) is 0 Å². The van der Waals surface area contributed by atoms with Gasteiger partial charge in [0.2, 0.25) is 5.91 Å². The van der Waals surface area contributed by atoms with E-state index >= 15 is 0 Å². The van der Waals surface area contributed by atoms with E-state index in [0.717, 1.165) is 28.0 Å². The number of anilines is 1. The van der Waals surface area contributed by atoms with Gasteiger partial charge in [0, 0.05) is 24.2 Å². The predicted molar refractivity (Wildman–Crippen MR) is 118 cm³/mol. The summed E-state index contributed by atoms with van der Waals surface area (Å²) in [4.78, 5) is 47.6. The summed E-state index contributed by atoms with van der Waals surface area (Å²) in [5.41, 5.74) is -1.35. The van der Waals surface area contributed by atoms with Crippen molar-refractivity contribution in [1.82, 2.24) is 19.5 Å². The van der Waals surface area contributed by atoms with E-state index < -0.39 is 33.9 Å². The number of alkyl halides is 3. The van der Waals surface area contributed by atoms with Crippen molar-refractivity contribution in [2.75, 3.05) is 5.32 Å². The average Bonchev–Trinajstić information content (AvgIpc) is 3.19. The van der Waals surface area contributed by atoms with Crippen LogP contribution in [0.5, 0.6) is 0 Å².